The van der Waals surface area contributed by atoms with Crippen LogP contribution in [0.15, 0.2) is 38.9 Å². The summed E-state index contributed by atoms with van der Waals surface area (Å²) < 4.78 is 26.8. The summed E-state index contributed by atoms with van der Waals surface area (Å²) in [5, 5.41) is 8.97. The van der Waals surface area contributed by atoms with Crippen LogP contribution in [0.25, 0.3) is 0 Å². The van der Waals surface area contributed by atoms with Crippen LogP contribution in [0.1, 0.15) is 17.4 Å². The van der Waals surface area contributed by atoms with Gasteiger partial charge in [-0.3, -0.25) is 4.72 Å². The van der Waals surface area contributed by atoms with E-state index in [4.69, 9.17) is 5.11 Å². The van der Waals surface area contributed by atoms with Gasteiger partial charge in [-0.25, -0.2) is 18.2 Å². The van der Waals surface area contributed by atoms with E-state index in [2.05, 4.69) is 9.71 Å². The number of benzene rings is 1. The molecule has 0 unspecified atom stereocenters. The number of carbonyl (C=O) groups is 1. The van der Waals surface area contributed by atoms with E-state index in [1.807, 2.05) is 13.0 Å². The molecule has 21 heavy (non-hydrogen) atoms. The Kier molecular flexibility index (Phi) is 4.86. The van der Waals surface area contributed by atoms with Gasteiger partial charge in [-0.1, -0.05) is 19.1 Å². The summed E-state index contributed by atoms with van der Waals surface area (Å²) in [6.45, 7) is 1.96. The molecule has 9 heteroatoms. The molecule has 0 aliphatic heterocycles. The molecule has 1 aromatic carbocycles. The van der Waals surface area contributed by atoms with Crippen molar-refractivity contribution in [3.8, 4) is 0 Å². The number of aromatic nitrogens is 1. The standard InChI is InChI=1S/C12H12N2O4S3/c1-2-19-9-6-4-3-5-8(9)14-21(17,18)12-10(11(15)16)13-7-20-12/h3-7,14H,2H2,1H3,(H,15,16). The molecule has 0 saturated heterocycles. The fourth-order valence-electron chi connectivity index (χ4n) is 1.59. The average Bonchev–Trinajstić information content (AvgIpc) is 2.91. The molecule has 0 saturated carbocycles. The monoisotopic (exact) mass is 344 g/mol. The number of nitrogens with zero attached hydrogens (tertiary/aromatic N) is 1. The second kappa shape index (κ2) is 6.46. The Morgan fingerprint density at radius 1 is 1.43 bits per heavy atom. The van der Waals surface area contributed by atoms with Gasteiger partial charge in [-0.15, -0.1) is 23.1 Å². The Hall–Kier alpha value is -1.58. The van der Waals surface area contributed by atoms with Crippen LogP contribution in [-0.2, 0) is 10.0 Å². The summed E-state index contributed by atoms with van der Waals surface area (Å²) in [4.78, 5) is 15.4. The minimum Gasteiger partial charge on any atom is -0.476 e. The van der Waals surface area contributed by atoms with Crippen molar-refractivity contribution in [2.75, 3.05) is 10.5 Å². The van der Waals surface area contributed by atoms with Crippen molar-refractivity contribution < 1.29 is 18.3 Å². The Morgan fingerprint density at radius 2 is 2.14 bits per heavy atom. The van der Waals surface area contributed by atoms with Crippen molar-refractivity contribution in [2.45, 2.75) is 16.0 Å². The van der Waals surface area contributed by atoms with Gasteiger partial charge in [0.15, 0.2) is 9.90 Å². The number of anilines is 1. The molecule has 0 fully saturated rings. The molecular weight excluding hydrogens is 332 g/mol. The fourth-order valence-corrected chi connectivity index (χ4v) is 4.64. The first-order chi connectivity index (χ1) is 9.95. The Balaban J connectivity index is 2.38. The van der Waals surface area contributed by atoms with Gasteiger partial charge in [0.2, 0.25) is 0 Å². The Bertz CT molecular complexity index is 755. The highest BCUT2D eigenvalue weighted by molar-refractivity contribution is 7.99. The number of carboxylic acid groups (broad SMARTS) is 1. The first-order valence-electron chi connectivity index (χ1n) is 5.87. The van der Waals surface area contributed by atoms with Gasteiger partial charge in [0.1, 0.15) is 0 Å². The van der Waals surface area contributed by atoms with Crippen molar-refractivity contribution >= 4 is 44.8 Å². The van der Waals surface area contributed by atoms with Crippen molar-refractivity contribution in [1.29, 1.82) is 0 Å². The molecule has 2 aromatic rings. The normalized spacial score (nSPS) is 11.3. The van der Waals surface area contributed by atoms with Crippen LogP contribution in [0.2, 0.25) is 0 Å². The van der Waals surface area contributed by atoms with Crippen molar-refractivity contribution in [1.82, 2.24) is 4.98 Å². The van der Waals surface area contributed by atoms with Gasteiger partial charge in [0.05, 0.1) is 11.2 Å². The molecule has 2 N–H and O–H groups in total. The Morgan fingerprint density at radius 3 is 2.81 bits per heavy atom. The van der Waals surface area contributed by atoms with Crippen LogP contribution in [0, 0.1) is 0 Å². The zero-order valence-corrected chi connectivity index (χ0v) is 13.4. The molecule has 1 aromatic heterocycles. The predicted molar refractivity (Wildman–Crippen MR) is 82.7 cm³/mol. The Labute approximate surface area is 130 Å². The number of aromatic carboxylic acids is 1. The smallest absolute Gasteiger partial charge is 0.356 e. The summed E-state index contributed by atoms with van der Waals surface area (Å²) >= 11 is 2.27. The number of nitrogens with one attached hydrogen (secondary N) is 1. The number of sulfonamides is 1. The van der Waals surface area contributed by atoms with Crippen LogP contribution in [0.4, 0.5) is 5.69 Å². The summed E-state index contributed by atoms with van der Waals surface area (Å²) in [5.74, 6) is -0.576. The van der Waals surface area contributed by atoms with Crippen LogP contribution in [0.3, 0.4) is 0 Å². The fraction of sp³-hybridized carbons (Fsp3) is 0.167. The third kappa shape index (κ3) is 3.55. The van der Waals surface area contributed by atoms with Crippen LogP contribution < -0.4 is 4.72 Å². The molecule has 0 aliphatic rings. The highest BCUT2D eigenvalue weighted by atomic mass is 32.2. The number of carboxylic acids is 1. The van der Waals surface area contributed by atoms with E-state index in [-0.39, 0.29) is 4.21 Å². The predicted octanol–water partition coefficient (Wildman–Crippen LogP) is 2.75. The van der Waals surface area contributed by atoms with Crippen molar-refractivity contribution in [2.24, 2.45) is 0 Å². The summed E-state index contributed by atoms with van der Waals surface area (Å²) in [7, 11) is -3.97. The lowest BCUT2D eigenvalue weighted by Crippen LogP contribution is -2.15. The number of thioether (sulfide) groups is 1. The first kappa shape index (κ1) is 15.8. The van der Waals surface area contributed by atoms with Crippen LogP contribution in [0.5, 0.6) is 0 Å². The van der Waals surface area contributed by atoms with E-state index < -0.39 is 21.7 Å². The van der Waals surface area contributed by atoms with E-state index in [0.717, 1.165) is 22.0 Å². The number of para-hydroxylation sites is 1. The highest BCUT2D eigenvalue weighted by Crippen LogP contribution is 2.30. The van der Waals surface area contributed by atoms with Gasteiger partial charge in [-0.2, -0.15) is 0 Å². The molecule has 0 spiro atoms. The minimum absolute atomic E-state index is 0.300. The van der Waals surface area contributed by atoms with Crippen LogP contribution in [-0.4, -0.2) is 30.2 Å². The number of rotatable bonds is 6. The maximum absolute atomic E-state index is 12.3. The molecule has 0 radical (unpaired) electrons. The third-order valence-corrected chi connectivity index (χ3v) is 6.10. The average molecular weight is 344 g/mol. The molecule has 112 valence electrons. The first-order valence-corrected chi connectivity index (χ1v) is 9.22. The molecular formula is C12H12N2O4S3. The summed E-state index contributed by atoms with van der Waals surface area (Å²) in [5.41, 5.74) is 1.16. The number of hydrogen-bond donors (Lipinski definition) is 2. The zero-order valence-electron chi connectivity index (χ0n) is 10.9. The second-order valence-corrected chi connectivity index (χ2v) is 7.87. The van der Waals surface area contributed by atoms with E-state index in [1.54, 1.807) is 18.2 Å². The maximum atomic E-state index is 12.3. The van der Waals surface area contributed by atoms with Crippen LogP contribution >= 0.6 is 23.1 Å². The topological polar surface area (TPSA) is 96.4 Å². The lowest BCUT2D eigenvalue weighted by molar-refractivity contribution is 0.0687. The lowest BCUT2D eigenvalue weighted by Gasteiger charge is -2.10. The van der Waals surface area contributed by atoms with Gasteiger partial charge >= 0.3 is 5.97 Å². The highest BCUT2D eigenvalue weighted by Gasteiger charge is 2.26. The SMILES string of the molecule is CCSc1ccccc1NS(=O)(=O)c1scnc1C(=O)O. The van der Waals surface area contributed by atoms with Gasteiger partial charge in [0, 0.05) is 4.90 Å². The largest absolute Gasteiger partial charge is 0.476 e. The molecule has 0 amide bonds. The van der Waals surface area contributed by atoms with Gasteiger partial charge < -0.3 is 5.11 Å². The zero-order chi connectivity index (χ0) is 15.5. The molecule has 6 nitrogen and oxygen atoms in total. The van der Waals surface area contributed by atoms with Crippen molar-refractivity contribution in [3.05, 3.63) is 35.5 Å². The van der Waals surface area contributed by atoms with E-state index >= 15 is 0 Å². The minimum atomic E-state index is -3.97. The molecule has 1 heterocycles. The van der Waals surface area contributed by atoms with E-state index in [0.29, 0.717) is 5.69 Å². The number of hydrogen-bond acceptors (Lipinski definition) is 6. The van der Waals surface area contributed by atoms with Crippen molar-refractivity contribution in [3.63, 3.8) is 0 Å². The quantitative estimate of drug-likeness (QED) is 0.782. The van der Waals surface area contributed by atoms with Gasteiger partial charge in [0.25, 0.3) is 10.0 Å². The second-order valence-electron chi connectivity index (χ2n) is 3.83. The van der Waals surface area contributed by atoms with E-state index in [9.17, 15) is 13.2 Å². The molecule has 0 bridgehead atoms. The molecule has 0 atom stereocenters. The lowest BCUT2D eigenvalue weighted by atomic mass is 10.3. The molecule has 2 rings (SSSR count). The van der Waals surface area contributed by atoms with Gasteiger partial charge in [-0.05, 0) is 17.9 Å². The summed E-state index contributed by atoms with van der Waals surface area (Å²) in [6.07, 6.45) is 0. The van der Waals surface area contributed by atoms with E-state index in [1.165, 1.54) is 17.3 Å². The number of thiazole rings is 1. The molecule has 0 aliphatic carbocycles. The maximum Gasteiger partial charge on any atom is 0.356 e. The third-order valence-electron chi connectivity index (χ3n) is 2.41. The summed E-state index contributed by atoms with van der Waals surface area (Å²) in [6, 6.07) is 6.96.